The number of nitrogens with two attached hydrogens (primary N) is 1. The molecule has 0 aromatic rings. The number of hydrogen-bond acceptors (Lipinski definition) is 6. The first kappa shape index (κ1) is 42.3. The van der Waals surface area contributed by atoms with Crippen molar-refractivity contribution in [3.63, 3.8) is 0 Å². The molecule has 0 saturated carbocycles. The van der Waals surface area contributed by atoms with Gasteiger partial charge in [0.15, 0.2) is 0 Å². The molecule has 0 fully saturated rings. The van der Waals surface area contributed by atoms with Crippen molar-refractivity contribution in [3.05, 3.63) is 24.3 Å². The van der Waals surface area contributed by atoms with Crippen LogP contribution in [-0.2, 0) is 19.1 Å². The average molecular weight is 621 g/mol. The lowest BCUT2D eigenvalue weighted by Gasteiger charge is -2.54. The van der Waals surface area contributed by atoms with Crippen LogP contribution in [0.1, 0.15) is 130 Å². The molecule has 6 heteroatoms. The second kappa shape index (κ2) is 16.3. The number of carbonyl (C=O) groups is 2. The van der Waals surface area contributed by atoms with Gasteiger partial charge in [-0.25, -0.2) is 0 Å². The highest BCUT2D eigenvalue weighted by Crippen LogP contribution is 2.52. The zero-order valence-electron chi connectivity index (χ0n) is 31.9. The van der Waals surface area contributed by atoms with Crippen LogP contribution in [0, 0.1) is 38.9 Å². The van der Waals surface area contributed by atoms with Gasteiger partial charge in [-0.15, -0.1) is 0 Å². The van der Waals surface area contributed by atoms with E-state index in [0.717, 1.165) is 19.4 Å². The molecule has 44 heavy (non-hydrogen) atoms. The van der Waals surface area contributed by atoms with E-state index in [4.69, 9.17) is 15.2 Å². The highest BCUT2D eigenvalue weighted by Gasteiger charge is 2.59. The monoisotopic (exact) mass is 621 g/mol. The Hall–Kier alpha value is -1.66. The van der Waals surface area contributed by atoms with Gasteiger partial charge in [0.1, 0.15) is 18.2 Å². The van der Waals surface area contributed by atoms with Crippen LogP contribution in [0.15, 0.2) is 24.3 Å². The molecule has 0 spiro atoms. The largest absolute Gasteiger partial charge is 0.461 e. The highest BCUT2D eigenvalue weighted by atomic mass is 16.5. The minimum Gasteiger partial charge on any atom is -0.461 e. The molecule has 2 unspecified atom stereocenters. The molecule has 0 amide bonds. The second-order valence-electron chi connectivity index (χ2n) is 17.7. The lowest BCUT2D eigenvalue weighted by molar-refractivity contribution is -0.187. The van der Waals surface area contributed by atoms with Crippen LogP contribution in [0.5, 0.6) is 0 Å². The van der Waals surface area contributed by atoms with Crippen molar-refractivity contribution in [1.82, 2.24) is 4.90 Å². The van der Waals surface area contributed by atoms with Crippen LogP contribution in [0.4, 0.5) is 0 Å². The topological polar surface area (TPSA) is 81.9 Å². The van der Waals surface area contributed by atoms with Gasteiger partial charge in [0, 0.05) is 17.3 Å². The number of hydrogen-bond donors (Lipinski definition) is 1. The zero-order valence-corrected chi connectivity index (χ0v) is 31.9. The summed E-state index contributed by atoms with van der Waals surface area (Å²) in [5.74, 6) is 0.347. The van der Waals surface area contributed by atoms with Crippen molar-refractivity contribution >= 4 is 11.9 Å². The molecular weight excluding hydrogens is 548 g/mol. The third-order valence-corrected chi connectivity index (χ3v) is 9.67. The zero-order chi connectivity index (χ0) is 34.9. The van der Waals surface area contributed by atoms with E-state index < -0.39 is 33.9 Å². The minimum absolute atomic E-state index is 0.00457. The first-order chi connectivity index (χ1) is 19.6. The number of rotatable bonds is 19. The Morgan fingerprint density at radius 3 is 1.68 bits per heavy atom. The van der Waals surface area contributed by atoms with Crippen molar-refractivity contribution in [2.45, 2.75) is 141 Å². The average Bonchev–Trinajstić information content (AvgIpc) is 2.81. The van der Waals surface area contributed by atoms with Crippen molar-refractivity contribution in [3.8, 4) is 0 Å². The molecule has 0 aromatic carbocycles. The number of carbonyl (C=O) groups excluding carboxylic acids is 2. The quantitative estimate of drug-likeness (QED) is 0.115. The molecule has 0 heterocycles. The summed E-state index contributed by atoms with van der Waals surface area (Å²) in [4.78, 5) is 29.0. The summed E-state index contributed by atoms with van der Waals surface area (Å²) >= 11 is 0. The fourth-order valence-electron chi connectivity index (χ4n) is 6.33. The van der Waals surface area contributed by atoms with E-state index in [9.17, 15) is 9.59 Å². The van der Waals surface area contributed by atoms with Gasteiger partial charge in [-0.2, -0.15) is 0 Å². The van der Waals surface area contributed by atoms with Crippen molar-refractivity contribution in [2.24, 2.45) is 44.6 Å². The van der Waals surface area contributed by atoms with E-state index in [-0.39, 0.29) is 23.4 Å². The molecule has 0 radical (unpaired) electrons. The fraction of sp³-hybridized carbons (Fsp3) is 0.842. The Morgan fingerprint density at radius 1 is 0.750 bits per heavy atom. The standard InChI is InChI=1S/C38H72N2O4/c1-28(2)26-33(5,6)21-19-25-43-32(42)38(15,39)37(13,14)31(44-30(41)20-18-24-40(16)17)36(11,12)35(9,10)23-22-34(7,8)27-29(3)4/h19,21-23,28-29,31H,18,20,24-27,39H2,1-17H3/b21-19-,23-22-. The van der Waals surface area contributed by atoms with E-state index in [1.165, 1.54) is 0 Å². The van der Waals surface area contributed by atoms with Crippen LogP contribution in [-0.4, -0.2) is 55.7 Å². The summed E-state index contributed by atoms with van der Waals surface area (Å²) < 4.78 is 12.2. The van der Waals surface area contributed by atoms with Gasteiger partial charge in [-0.1, -0.05) is 121 Å². The summed E-state index contributed by atoms with van der Waals surface area (Å²) in [5.41, 5.74) is 3.52. The summed E-state index contributed by atoms with van der Waals surface area (Å²) in [5, 5.41) is 0. The second-order valence-corrected chi connectivity index (χ2v) is 17.7. The smallest absolute Gasteiger partial charge is 0.326 e. The predicted octanol–water partition coefficient (Wildman–Crippen LogP) is 8.84. The molecule has 0 aliphatic carbocycles. The lowest BCUT2D eigenvalue weighted by Crippen LogP contribution is -2.66. The highest BCUT2D eigenvalue weighted by molar-refractivity contribution is 5.81. The summed E-state index contributed by atoms with van der Waals surface area (Å²) in [6.07, 6.45) is 11.0. The Bertz CT molecular complexity index is 965. The molecule has 2 atom stereocenters. The van der Waals surface area contributed by atoms with Gasteiger partial charge in [0.25, 0.3) is 0 Å². The molecule has 6 nitrogen and oxygen atoms in total. The third kappa shape index (κ3) is 13.0. The summed E-state index contributed by atoms with van der Waals surface area (Å²) in [6.45, 7) is 32.8. The van der Waals surface area contributed by atoms with Crippen molar-refractivity contribution in [1.29, 1.82) is 0 Å². The maximum absolute atomic E-state index is 13.6. The number of nitrogens with zero attached hydrogens (tertiary/aromatic N) is 1. The Morgan fingerprint density at radius 2 is 1.23 bits per heavy atom. The molecule has 0 aliphatic rings. The predicted molar refractivity (Wildman–Crippen MR) is 187 cm³/mol. The van der Waals surface area contributed by atoms with Crippen molar-refractivity contribution in [2.75, 3.05) is 27.2 Å². The van der Waals surface area contributed by atoms with Gasteiger partial charge in [-0.3, -0.25) is 9.59 Å². The van der Waals surface area contributed by atoms with Crippen LogP contribution in [0.25, 0.3) is 0 Å². The van der Waals surface area contributed by atoms with Crippen LogP contribution >= 0.6 is 0 Å². The van der Waals surface area contributed by atoms with Gasteiger partial charge >= 0.3 is 11.9 Å². The molecule has 0 rings (SSSR count). The Labute approximate surface area is 273 Å². The Kier molecular flexibility index (Phi) is 15.6. The first-order valence-electron chi connectivity index (χ1n) is 16.8. The van der Waals surface area contributed by atoms with Crippen LogP contribution in [0.2, 0.25) is 0 Å². The normalized spacial score (nSPS) is 16.3. The molecule has 2 N–H and O–H groups in total. The van der Waals surface area contributed by atoms with E-state index in [2.05, 4.69) is 106 Å². The summed E-state index contributed by atoms with van der Waals surface area (Å²) in [7, 11) is 3.98. The maximum atomic E-state index is 13.6. The molecular formula is C38H72N2O4. The third-order valence-electron chi connectivity index (χ3n) is 9.67. The molecule has 258 valence electrons. The SMILES string of the molecule is CC(C)CC(C)(C)/C=C\COC(=O)C(C)(N)C(C)(C)C(OC(=O)CCCN(C)C)C(C)(C)C(C)(C)/C=C\C(C)(C)CC(C)C. The summed E-state index contributed by atoms with van der Waals surface area (Å²) in [6, 6.07) is 0. The Balaban J connectivity index is 6.44. The van der Waals surface area contributed by atoms with E-state index in [0.29, 0.717) is 24.7 Å². The van der Waals surface area contributed by atoms with Gasteiger partial charge in [-0.05, 0) is 74.9 Å². The minimum atomic E-state index is -1.43. The number of allylic oxidation sites excluding steroid dienone is 3. The van der Waals surface area contributed by atoms with E-state index in [1.807, 2.05) is 34.0 Å². The number of ether oxygens (including phenoxy) is 2. The van der Waals surface area contributed by atoms with Crippen LogP contribution in [0.3, 0.4) is 0 Å². The fourth-order valence-corrected chi connectivity index (χ4v) is 6.33. The van der Waals surface area contributed by atoms with E-state index >= 15 is 0 Å². The molecule has 0 aliphatic heterocycles. The van der Waals surface area contributed by atoms with Gasteiger partial charge in [0.05, 0.1) is 0 Å². The lowest BCUT2D eigenvalue weighted by atomic mass is 9.55. The van der Waals surface area contributed by atoms with Crippen LogP contribution < -0.4 is 5.73 Å². The molecule has 0 bridgehead atoms. The molecule has 0 saturated heterocycles. The first-order valence-corrected chi connectivity index (χ1v) is 16.8. The van der Waals surface area contributed by atoms with Gasteiger partial charge < -0.3 is 20.1 Å². The van der Waals surface area contributed by atoms with Crippen molar-refractivity contribution < 1.29 is 19.1 Å². The molecule has 0 aromatic heterocycles. The van der Waals surface area contributed by atoms with Gasteiger partial charge in [0.2, 0.25) is 0 Å². The van der Waals surface area contributed by atoms with E-state index in [1.54, 1.807) is 6.92 Å². The maximum Gasteiger partial charge on any atom is 0.326 e. The number of esters is 2.